The van der Waals surface area contributed by atoms with Gasteiger partial charge in [0, 0.05) is 6.42 Å². The Bertz CT molecular complexity index is 186. The van der Waals surface area contributed by atoms with Gasteiger partial charge in [0.25, 0.3) is 0 Å². The standard InChI is InChI=1S/C9H16O4/c1-5(10)6-4-7-8(11-6)13-9(2,3)12-7/h5-8,10H,4H2,1-3H3. The molecule has 4 unspecified atom stereocenters. The van der Waals surface area contributed by atoms with Gasteiger partial charge in [-0.1, -0.05) is 0 Å². The number of hydrogen-bond donors (Lipinski definition) is 1. The van der Waals surface area contributed by atoms with Gasteiger partial charge < -0.3 is 19.3 Å². The van der Waals surface area contributed by atoms with Crippen LogP contribution in [0.3, 0.4) is 0 Å². The molecule has 2 aliphatic heterocycles. The minimum atomic E-state index is -0.543. The van der Waals surface area contributed by atoms with Crippen molar-refractivity contribution in [1.29, 1.82) is 0 Å². The van der Waals surface area contributed by atoms with Crippen LogP contribution in [0.5, 0.6) is 0 Å². The van der Waals surface area contributed by atoms with Crippen molar-refractivity contribution in [2.24, 2.45) is 0 Å². The van der Waals surface area contributed by atoms with Crippen molar-refractivity contribution >= 4 is 0 Å². The van der Waals surface area contributed by atoms with Gasteiger partial charge in [0.1, 0.15) is 6.10 Å². The third-order valence-electron chi connectivity index (χ3n) is 2.45. The highest BCUT2D eigenvalue weighted by Crippen LogP contribution is 2.37. The van der Waals surface area contributed by atoms with Crippen LogP contribution in [0.4, 0.5) is 0 Å². The van der Waals surface area contributed by atoms with Crippen molar-refractivity contribution < 1.29 is 19.3 Å². The molecule has 2 heterocycles. The van der Waals surface area contributed by atoms with Gasteiger partial charge in [0.15, 0.2) is 12.1 Å². The van der Waals surface area contributed by atoms with Crippen molar-refractivity contribution in [2.75, 3.05) is 0 Å². The molecule has 0 amide bonds. The lowest BCUT2D eigenvalue weighted by molar-refractivity contribution is -0.212. The number of rotatable bonds is 1. The van der Waals surface area contributed by atoms with Gasteiger partial charge in [-0.3, -0.25) is 0 Å². The number of hydrogen-bond acceptors (Lipinski definition) is 4. The van der Waals surface area contributed by atoms with E-state index in [0.717, 1.165) is 0 Å². The van der Waals surface area contributed by atoms with E-state index in [2.05, 4.69) is 0 Å². The Morgan fingerprint density at radius 1 is 1.38 bits per heavy atom. The molecule has 4 heteroatoms. The van der Waals surface area contributed by atoms with Gasteiger partial charge in [-0.25, -0.2) is 0 Å². The van der Waals surface area contributed by atoms with Crippen molar-refractivity contribution in [1.82, 2.24) is 0 Å². The van der Waals surface area contributed by atoms with E-state index < -0.39 is 11.9 Å². The SMILES string of the molecule is CC(O)C1CC2OC(C)(C)OC2O1. The molecule has 4 nitrogen and oxygen atoms in total. The summed E-state index contributed by atoms with van der Waals surface area (Å²) in [6.07, 6.45) is -0.206. The van der Waals surface area contributed by atoms with Crippen molar-refractivity contribution in [3.63, 3.8) is 0 Å². The van der Waals surface area contributed by atoms with E-state index in [1.54, 1.807) is 6.92 Å². The first-order chi connectivity index (χ1) is 5.98. The number of aliphatic hydroxyl groups is 1. The molecule has 2 rings (SSSR count). The fraction of sp³-hybridized carbons (Fsp3) is 1.00. The fourth-order valence-electron chi connectivity index (χ4n) is 1.85. The maximum Gasteiger partial charge on any atom is 0.187 e. The molecule has 76 valence electrons. The fourth-order valence-corrected chi connectivity index (χ4v) is 1.85. The van der Waals surface area contributed by atoms with Gasteiger partial charge in [0.05, 0.1) is 12.2 Å². The molecule has 0 bridgehead atoms. The summed E-state index contributed by atoms with van der Waals surface area (Å²) in [5.41, 5.74) is 0. The van der Waals surface area contributed by atoms with Crippen LogP contribution in [-0.2, 0) is 14.2 Å². The Hall–Kier alpha value is -0.160. The molecule has 0 aromatic rings. The molecule has 4 atom stereocenters. The molecule has 0 spiro atoms. The molecule has 0 radical (unpaired) electrons. The normalized spacial score (nSPS) is 44.8. The van der Waals surface area contributed by atoms with Gasteiger partial charge in [-0.15, -0.1) is 0 Å². The first-order valence-corrected chi connectivity index (χ1v) is 4.67. The molecule has 0 aromatic heterocycles. The molecule has 1 N–H and O–H groups in total. The molecule has 0 saturated carbocycles. The van der Waals surface area contributed by atoms with E-state index in [0.29, 0.717) is 6.42 Å². The van der Waals surface area contributed by atoms with E-state index in [1.807, 2.05) is 13.8 Å². The third-order valence-corrected chi connectivity index (χ3v) is 2.45. The van der Waals surface area contributed by atoms with E-state index in [9.17, 15) is 5.11 Å². The van der Waals surface area contributed by atoms with E-state index in [1.165, 1.54) is 0 Å². The minimum absolute atomic E-state index is 0.0189. The molecule has 2 fully saturated rings. The Morgan fingerprint density at radius 3 is 2.62 bits per heavy atom. The Kier molecular flexibility index (Phi) is 2.11. The average Bonchev–Trinajstić information content (AvgIpc) is 2.39. The van der Waals surface area contributed by atoms with Crippen molar-refractivity contribution in [3.8, 4) is 0 Å². The molecule has 13 heavy (non-hydrogen) atoms. The number of aliphatic hydroxyl groups excluding tert-OH is 1. The second kappa shape index (κ2) is 2.92. The largest absolute Gasteiger partial charge is 0.391 e. The predicted octanol–water partition coefficient (Wildman–Crippen LogP) is 0.634. The maximum absolute atomic E-state index is 9.30. The highest BCUT2D eigenvalue weighted by molar-refractivity contribution is 4.86. The van der Waals surface area contributed by atoms with Crippen LogP contribution in [0.25, 0.3) is 0 Å². The minimum Gasteiger partial charge on any atom is -0.391 e. The van der Waals surface area contributed by atoms with Crippen LogP contribution < -0.4 is 0 Å². The van der Waals surface area contributed by atoms with Gasteiger partial charge >= 0.3 is 0 Å². The van der Waals surface area contributed by atoms with Crippen LogP contribution in [0.1, 0.15) is 27.2 Å². The first-order valence-electron chi connectivity index (χ1n) is 4.67. The summed E-state index contributed by atoms with van der Waals surface area (Å²) >= 11 is 0. The van der Waals surface area contributed by atoms with Crippen molar-refractivity contribution in [3.05, 3.63) is 0 Å². The third kappa shape index (κ3) is 1.72. The Labute approximate surface area is 77.8 Å². The summed E-state index contributed by atoms with van der Waals surface area (Å²) < 4.78 is 16.6. The van der Waals surface area contributed by atoms with Gasteiger partial charge in [-0.05, 0) is 20.8 Å². The monoisotopic (exact) mass is 188 g/mol. The molecule has 2 aliphatic rings. The molecule has 0 aliphatic carbocycles. The summed E-state index contributed by atoms with van der Waals surface area (Å²) in [5, 5.41) is 9.30. The lowest BCUT2D eigenvalue weighted by Gasteiger charge is -2.21. The second-order valence-corrected chi connectivity index (χ2v) is 4.19. The van der Waals surface area contributed by atoms with E-state index in [-0.39, 0.29) is 18.5 Å². The Balaban J connectivity index is 1.97. The van der Waals surface area contributed by atoms with Gasteiger partial charge in [-0.2, -0.15) is 0 Å². The first kappa shape index (κ1) is 9.40. The summed E-state index contributed by atoms with van der Waals surface area (Å²) in [6, 6.07) is 0. The molecular formula is C9H16O4. The Morgan fingerprint density at radius 2 is 2.08 bits per heavy atom. The predicted molar refractivity (Wildman–Crippen MR) is 45.0 cm³/mol. The maximum atomic E-state index is 9.30. The zero-order valence-electron chi connectivity index (χ0n) is 8.19. The van der Waals surface area contributed by atoms with Crippen LogP contribution >= 0.6 is 0 Å². The lowest BCUT2D eigenvalue weighted by atomic mass is 10.1. The van der Waals surface area contributed by atoms with E-state index >= 15 is 0 Å². The highest BCUT2D eigenvalue weighted by Gasteiger charge is 2.49. The molecule has 2 saturated heterocycles. The van der Waals surface area contributed by atoms with Crippen LogP contribution in [0, 0.1) is 0 Å². The summed E-state index contributed by atoms with van der Waals surface area (Å²) in [7, 11) is 0. The second-order valence-electron chi connectivity index (χ2n) is 4.19. The smallest absolute Gasteiger partial charge is 0.187 e. The van der Waals surface area contributed by atoms with Crippen LogP contribution in [0.2, 0.25) is 0 Å². The summed E-state index contributed by atoms with van der Waals surface area (Å²) in [4.78, 5) is 0. The quantitative estimate of drug-likeness (QED) is 0.655. The van der Waals surface area contributed by atoms with Gasteiger partial charge in [0.2, 0.25) is 0 Å². The highest BCUT2D eigenvalue weighted by atomic mass is 16.8. The topological polar surface area (TPSA) is 47.9 Å². The number of ether oxygens (including phenoxy) is 3. The van der Waals surface area contributed by atoms with Crippen LogP contribution in [0.15, 0.2) is 0 Å². The zero-order chi connectivity index (χ0) is 9.64. The summed E-state index contributed by atoms with van der Waals surface area (Å²) in [5.74, 6) is -0.543. The van der Waals surface area contributed by atoms with E-state index in [4.69, 9.17) is 14.2 Å². The zero-order valence-corrected chi connectivity index (χ0v) is 8.19. The molecule has 0 aromatic carbocycles. The lowest BCUT2D eigenvalue weighted by Crippen LogP contribution is -2.28. The molecular weight excluding hydrogens is 172 g/mol. The summed E-state index contributed by atoms with van der Waals surface area (Å²) in [6.45, 7) is 5.45. The van der Waals surface area contributed by atoms with Crippen LogP contribution in [-0.4, -0.2) is 35.5 Å². The average molecular weight is 188 g/mol. The number of fused-ring (bicyclic) bond motifs is 1. The van der Waals surface area contributed by atoms with Crippen molar-refractivity contribution in [2.45, 2.75) is 57.6 Å².